The Labute approximate surface area is 144 Å². The zero-order chi connectivity index (χ0) is 16.7. The molecule has 4 nitrogen and oxygen atoms in total. The lowest BCUT2D eigenvalue weighted by Gasteiger charge is -2.58. The van der Waals surface area contributed by atoms with Crippen molar-refractivity contribution in [2.75, 3.05) is 11.9 Å². The monoisotopic (exact) mass is 327 g/mol. The van der Waals surface area contributed by atoms with Crippen molar-refractivity contribution < 1.29 is 4.74 Å². The van der Waals surface area contributed by atoms with Gasteiger partial charge in [-0.25, -0.2) is 4.99 Å². The Kier molecular flexibility index (Phi) is 4.03. The summed E-state index contributed by atoms with van der Waals surface area (Å²) in [7, 11) is 0. The van der Waals surface area contributed by atoms with Gasteiger partial charge in [-0.15, -0.1) is 0 Å². The normalized spacial score (nSPS) is 31.6. The number of ether oxygens (including phenoxy) is 1. The van der Waals surface area contributed by atoms with E-state index in [1.165, 1.54) is 36.8 Å². The third kappa shape index (κ3) is 2.61. The summed E-state index contributed by atoms with van der Waals surface area (Å²) in [4.78, 5) is 4.87. The van der Waals surface area contributed by atoms with Crippen LogP contribution >= 0.6 is 0 Å². The topological polar surface area (TPSA) is 59.6 Å². The van der Waals surface area contributed by atoms with E-state index < -0.39 is 0 Å². The van der Waals surface area contributed by atoms with Crippen LogP contribution in [0.15, 0.2) is 23.2 Å². The van der Waals surface area contributed by atoms with E-state index in [0.29, 0.717) is 18.0 Å². The molecule has 0 amide bonds. The molecule has 130 valence electrons. The second kappa shape index (κ2) is 6.07. The van der Waals surface area contributed by atoms with E-state index in [9.17, 15) is 0 Å². The van der Waals surface area contributed by atoms with Crippen LogP contribution in [0.5, 0.6) is 0 Å². The molecule has 1 saturated heterocycles. The first-order chi connectivity index (χ1) is 11.6. The van der Waals surface area contributed by atoms with Crippen molar-refractivity contribution >= 4 is 11.6 Å². The van der Waals surface area contributed by atoms with Crippen LogP contribution in [0.2, 0.25) is 0 Å². The van der Waals surface area contributed by atoms with Crippen LogP contribution in [-0.4, -0.2) is 24.7 Å². The summed E-state index contributed by atoms with van der Waals surface area (Å²) in [6, 6.07) is 6.75. The standard InChI is InChI=1S/C20H29N3O/c1-20(2)17(15-10-6-12-24-18(15)20)23-19(21)22-16-11-5-8-13-7-3-4-9-14(13)16/h5,8,11,15,17-18H,3-4,6-7,9-10,12H2,1-2H3,(H3,21,22,23). The summed E-state index contributed by atoms with van der Waals surface area (Å²) in [5.74, 6) is 1.08. The number of nitrogens with two attached hydrogens (primary N) is 1. The number of nitrogens with zero attached hydrogens (tertiary/aromatic N) is 1. The van der Waals surface area contributed by atoms with Gasteiger partial charge in [0.15, 0.2) is 5.96 Å². The number of fused-ring (bicyclic) bond motifs is 2. The van der Waals surface area contributed by atoms with E-state index in [1.807, 2.05) is 0 Å². The average Bonchev–Trinajstić information content (AvgIpc) is 2.60. The molecular weight excluding hydrogens is 298 g/mol. The summed E-state index contributed by atoms with van der Waals surface area (Å²) in [6.45, 7) is 5.40. The molecule has 2 aliphatic carbocycles. The van der Waals surface area contributed by atoms with Gasteiger partial charge in [0.1, 0.15) is 0 Å². The number of benzene rings is 1. The zero-order valence-corrected chi connectivity index (χ0v) is 14.8. The summed E-state index contributed by atoms with van der Waals surface area (Å²) < 4.78 is 5.97. The molecule has 0 aromatic heterocycles. The Bertz CT molecular complexity index is 652. The van der Waals surface area contributed by atoms with Gasteiger partial charge in [-0.3, -0.25) is 0 Å². The fourth-order valence-electron chi connectivity index (χ4n) is 4.98. The van der Waals surface area contributed by atoms with Gasteiger partial charge in [-0.05, 0) is 55.7 Å². The predicted molar refractivity (Wildman–Crippen MR) is 98.4 cm³/mol. The lowest BCUT2D eigenvalue weighted by Crippen LogP contribution is -2.64. The van der Waals surface area contributed by atoms with Crippen molar-refractivity contribution in [1.82, 2.24) is 0 Å². The van der Waals surface area contributed by atoms with Crippen molar-refractivity contribution in [3.05, 3.63) is 29.3 Å². The van der Waals surface area contributed by atoms with Gasteiger partial charge in [0, 0.05) is 23.6 Å². The van der Waals surface area contributed by atoms with Crippen LogP contribution in [-0.2, 0) is 17.6 Å². The summed E-state index contributed by atoms with van der Waals surface area (Å²) in [5.41, 5.74) is 10.4. The quantitative estimate of drug-likeness (QED) is 0.646. The molecule has 3 N–H and O–H groups in total. The molecule has 4 rings (SSSR count). The molecule has 1 aromatic carbocycles. The highest BCUT2D eigenvalue weighted by molar-refractivity contribution is 5.93. The van der Waals surface area contributed by atoms with Crippen LogP contribution in [0, 0.1) is 11.3 Å². The van der Waals surface area contributed by atoms with E-state index in [1.54, 1.807) is 0 Å². The van der Waals surface area contributed by atoms with E-state index in [4.69, 9.17) is 15.5 Å². The van der Waals surface area contributed by atoms with Crippen molar-refractivity contribution in [3.8, 4) is 0 Å². The number of aryl methyl sites for hydroxylation is 1. The molecule has 1 heterocycles. The first-order valence-corrected chi connectivity index (χ1v) is 9.40. The molecule has 24 heavy (non-hydrogen) atoms. The summed E-state index contributed by atoms with van der Waals surface area (Å²) >= 11 is 0. The predicted octanol–water partition coefficient (Wildman–Crippen LogP) is 3.50. The summed E-state index contributed by atoms with van der Waals surface area (Å²) in [5, 5.41) is 3.39. The van der Waals surface area contributed by atoms with Gasteiger partial charge in [0.05, 0.1) is 12.1 Å². The maximum Gasteiger partial charge on any atom is 0.193 e. The largest absolute Gasteiger partial charge is 0.377 e. The minimum atomic E-state index is 0.0769. The average molecular weight is 327 g/mol. The third-order valence-electron chi connectivity index (χ3n) is 6.21. The first kappa shape index (κ1) is 15.9. The maximum atomic E-state index is 6.29. The lowest BCUT2D eigenvalue weighted by atomic mass is 9.55. The number of nitrogens with one attached hydrogen (secondary N) is 1. The molecule has 0 spiro atoms. The second-order valence-electron chi connectivity index (χ2n) is 8.15. The Hall–Kier alpha value is -1.55. The van der Waals surface area contributed by atoms with Crippen molar-refractivity contribution in [2.24, 2.45) is 22.1 Å². The van der Waals surface area contributed by atoms with Gasteiger partial charge in [-0.1, -0.05) is 26.0 Å². The van der Waals surface area contributed by atoms with Crippen LogP contribution in [0.1, 0.15) is 50.7 Å². The molecule has 4 heteroatoms. The molecule has 2 fully saturated rings. The minimum absolute atomic E-state index is 0.0769. The molecule has 1 saturated carbocycles. The first-order valence-electron chi connectivity index (χ1n) is 9.40. The van der Waals surface area contributed by atoms with Crippen LogP contribution in [0.3, 0.4) is 0 Å². The van der Waals surface area contributed by atoms with E-state index in [2.05, 4.69) is 37.4 Å². The molecular formula is C20H29N3O. The molecule has 3 atom stereocenters. The number of hydrogen-bond acceptors (Lipinski definition) is 2. The minimum Gasteiger partial charge on any atom is -0.377 e. The van der Waals surface area contributed by atoms with Crippen LogP contribution in [0.25, 0.3) is 0 Å². The number of anilines is 1. The fourth-order valence-corrected chi connectivity index (χ4v) is 4.98. The molecule has 1 aromatic rings. The van der Waals surface area contributed by atoms with Gasteiger partial charge in [-0.2, -0.15) is 0 Å². The number of aliphatic imine (C=N–C) groups is 1. The van der Waals surface area contributed by atoms with E-state index >= 15 is 0 Å². The smallest absolute Gasteiger partial charge is 0.193 e. The second-order valence-corrected chi connectivity index (χ2v) is 8.15. The van der Waals surface area contributed by atoms with Crippen molar-refractivity contribution in [2.45, 2.75) is 64.5 Å². The van der Waals surface area contributed by atoms with Gasteiger partial charge in [0.2, 0.25) is 0 Å². The Morgan fingerprint density at radius 1 is 1.25 bits per heavy atom. The van der Waals surface area contributed by atoms with Gasteiger partial charge < -0.3 is 15.8 Å². The number of rotatable bonds is 2. The van der Waals surface area contributed by atoms with Gasteiger partial charge >= 0.3 is 0 Å². The van der Waals surface area contributed by atoms with Crippen molar-refractivity contribution in [3.63, 3.8) is 0 Å². The molecule has 0 bridgehead atoms. The molecule has 0 radical (unpaired) electrons. The molecule has 1 aliphatic heterocycles. The van der Waals surface area contributed by atoms with Gasteiger partial charge in [0.25, 0.3) is 0 Å². The van der Waals surface area contributed by atoms with Crippen molar-refractivity contribution in [1.29, 1.82) is 0 Å². The third-order valence-corrected chi connectivity index (χ3v) is 6.21. The number of hydrogen-bond donors (Lipinski definition) is 2. The van der Waals surface area contributed by atoms with Crippen LogP contribution < -0.4 is 11.1 Å². The Morgan fingerprint density at radius 3 is 2.96 bits per heavy atom. The fraction of sp³-hybridized carbons (Fsp3) is 0.650. The lowest BCUT2D eigenvalue weighted by molar-refractivity contribution is -0.182. The molecule has 3 aliphatic rings. The zero-order valence-electron chi connectivity index (χ0n) is 14.8. The van der Waals surface area contributed by atoms with Crippen LogP contribution in [0.4, 0.5) is 5.69 Å². The highest BCUT2D eigenvalue weighted by atomic mass is 16.5. The molecule has 3 unspecified atom stereocenters. The Morgan fingerprint density at radius 2 is 2.08 bits per heavy atom. The Balaban J connectivity index is 1.52. The number of guanidine groups is 1. The summed E-state index contributed by atoms with van der Waals surface area (Å²) in [6.07, 6.45) is 7.56. The highest BCUT2D eigenvalue weighted by Gasteiger charge is 2.58. The maximum absolute atomic E-state index is 6.29. The van der Waals surface area contributed by atoms with E-state index in [-0.39, 0.29) is 11.5 Å². The van der Waals surface area contributed by atoms with E-state index in [0.717, 1.165) is 25.1 Å². The highest BCUT2D eigenvalue weighted by Crippen LogP contribution is 2.53. The SMILES string of the molecule is CC1(C)C(N=C(N)Nc2cccc3c2CCCC3)C2CCCOC21.